The molecule has 1 aromatic heterocycles. The van der Waals surface area contributed by atoms with Gasteiger partial charge in [0.05, 0.1) is 4.92 Å². The van der Waals surface area contributed by atoms with E-state index in [1.54, 1.807) is 6.92 Å². The summed E-state index contributed by atoms with van der Waals surface area (Å²) in [6.45, 7) is 1.56. The van der Waals surface area contributed by atoms with Gasteiger partial charge in [-0.15, -0.1) is 0 Å². The van der Waals surface area contributed by atoms with Gasteiger partial charge in [0.1, 0.15) is 5.69 Å². The van der Waals surface area contributed by atoms with E-state index in [2.05, 4.69) is 15.3 Å². The number of nitro groups is 1. The van der Waals surface area contributed by atoms with Crippen molar-refractivity contribution in [2.45, 2.75) is 19.4 Å². The van der Waals surface area contributed by atoms with Crippen molar-refractivity contribution in [1.29, 1.82) is 0 Å². The third kappa shape index (κ3) is 2.57. The molecule has 1 saturated heterocycles. The van der Waals surface area contributed by atoms with Crippen LogP contribution in [0.15, 0.2) is 0 Å². The fraction of sp³-hybridized carbons (Fsp3) is 0.556. The zero-order valence-corrected chi connectivity index (χ0v) is 10.2. The highest BCUT2D eigenvalue weighted by atomic mass is 32.2. The van der Waals surface area contributed by atoms with Gasteiger partial charge in [0.15, 0.2) is 0 Å². The zero-order valence-electron chi connectivity index (χ0n) is 9.34. The molecule has 1 aliphatic heterocycles. The van der Waals surface area contributed by atoms with E-state index in [0.29, 0.717) is 0 Å². The Bertz CT molecular complexity index is 447. The molecule has 1 unspecified atom stereocenters. The minimum absolute atomic E-state index is 0.0567. The lowest BCUT2D eigenvalue weighted by Gasteiger charge is -2.12. The highest BCUT2D eigenvalue weighted by molar-refractivity contribution is 7.99. The Morgan fingerprint density at radius 2 is 2.35 bits per heavy atom. The summed E-state index contributed by atoms with van der Waals surface area (Å²) in [5.41, 5.74) is 5.71. The highest BCUT2D eigenvalue weighted by Crippen LogP contribution is 2.28. The van der Waals surface area contributed by atoms with E-state index in [1.165, 1.54) is 0 Å². The predicted molar refractivity (Wildman–Crippen MR) is 67.2 cm³/mol. The Hall–Kier alpha value is -1.57. The molecule has 0 aromatic carbocycles. The van der Waals surface area contributed by atoms with Gasteiger partial charge in [-0.2, -0.15) is 16.7 Å². The lowest BCUT2D eigenvalue weighted by molar-refractivity contribution is -0.385. The molecule has 0 spiro atoms. The standard InChI is InChI=1S/C9H13N5O2S/c1-5-7(14(15)16)8(13-9(10)11-5)12-6-2-3-17-4-6/h6H,2-4H2,1H3,(H3,10,11,12,13). The van der Waals surface area contributed by atoms with Crippen LogP contribution in [0.3, 0.4) is 0 Å². The summed E-state index contributed by atoms with van der Waals surface area (Å²) in [5, 5.41) is 14.0. The summed E-state index contributed by atoms with van der Waals surface area (Å²) in [4.78, 5) is 18.2. The molecule has 92 valence electrons. The van der Waals surface area contributed by atoms with E-state index in [-0.39, 0.29) is 29.2 Å². The molecule has 1 fully saturated rings. The van der Waals surface area contributed by atoms with E-state index in [1.807, 2.05) is 11.8 Å². The summed E-state index contributed by atoms with van der Waals surface area (Å²) in [6.07, 6.45) is 0.977. The maximum Gasteiger partial charge on any atom is 0.332 e. The second-order valence-corrected chi connectivity index (χ2v) is 4.98. The van der Waals surface area contributed by atoms with Crippen molar-refractivity contribution in [3.05, 3.63) is 15.8 Å². The second kappa shape index (κ2) is 4.74. The van der Waals surface area contributed by atoms with E-state index >= 15 is 0 Å². The molecular weight excluding hydrogens is 242 g/mol. The number of aromatic nitrogens is 2. The molecule has 3 N–H and O–H groups in total. The van der Waals surface area contributed by atoms with Crippen LogP contribution in [0.2, 0.25) is 0 Å². The van der Waals surface area contributed by atoms with Gasteiger partial charge in [0.2, 0.25) is 11.8 Å². The fourth-order valence-electron chi connectivity index (χ4n) is 1.75. The molecule has 7 nitrogen and oxygen atoms in total. The highest BCUT2D eigenvalue weighted by Gasteiger charge is 2.25. The van der Waals surface area contributed by atoms with Crippen molar-refractivity contribution in [3.8, 4) is 0 Å². The van der Waals surface area contributed by atoms with Crippen molar-refractivity contribution in [3.63, 3.8) is 0 Å². The van der Waals surface area contributed by atoms with Crippen molar-refractivity contribution in [1.82, 2.24) is 9.97 Å². The number of nitrogens with zero attached hydrogens (tertiary/aromatic N) is 3. The van der Waals surface area contributed by atoms with E-state index < -0.39 is 4.92 Å². The molecule has 1 atom stereocenters. The topological polar surface area (TPSA) is 107 Å². The van der Waals surface area contributed by atoms with Gasteiger partial charge < -0.3 is 11.1 Å². The van der Waals surface area contributed by atoms with Crippen molar-refractivity contribution in [2.24, 2.45) is 0 Å². The predicted octanol–water partition coefficient (Wildman–Crippen LogP) is 1.19. The molecule has 0 bridgehead atoms. The van der Waals surface area contributed by atoms with Crippen LogP contribution in [0.25, 0.3) is 0 Å². The smallest absolute Gasteiger partial charge is 0.332 e. The summed E-state index contributed by atoms with van der Waals surface area (Å²) < 4.78 is 0. The van der Waals surface area contributed by atoms with Gasteiger partial charge in [0, 0.05) is 11.8 Å². The van der Waals surface area contributed by atoms with Gasteiger partial charge in [-0.05, 0) is 19.1 Å². The third-order valence-corrected chi connectivity index (χ3v) is 3.69. The quantitative estimate of drug-likeness (QED) is 0.617. The van der Waals surface area contributed by atoms with Crippen LogP contribution in [0.1, 0.15) is 12.1 Å². The molecule has 0 amide bonds. The first-order chi connectivity index (χ1) is 8.08. The molecule has 8 heteroatoms. The molecule has 2 heterocycles. The normalized spacial score (nSPS) is 19.2. The van der Waals surface area contributed by atoms with Crippen LogP contribution >= 0.6 is 11.8 Å². The number of anilines is 2. The number of aryl methyl sites for hydroxylation is 1. The average Bonchev–Trinajstić information content (AvgIpc) is 2.68. The Labute approximate surface area is 102 Å². The van der Waals surface area contributed by atoms with Crippen LogP contribution in [-0.2, 0) is 0 Å². The monoisotopic (exact) mass is 255 g/mol. The maximum absolute atomic E-state index is 11.0. The van der Waals surface area contributed by atoms with Crippen LogP contribution < -0.4 is 11.1 Å². The summed E-state index contributed by atoms with van der Waals surface area (Å²) >= 11 is 1.82. The van der Waals surface area contributed by atoms with Gasteiger partial charge in [-0.25, -0.2) is 4.98 Å². The summed E-state index contributed by atoms with van der Waals surface area (Å²) in [7, 11) is 0. The molecule has 2 rings (SSSR count). The fourth-order valence-corrected chi connectivity index (χ4v) is 2.90. The molecule has 1 aromatic rings. The Kier molecular flexibility index (Phi) is 3.32. The molecule has 17 heavy (non-hydrogen) atoms. The number of hydrogen-bond donors (Lipinski definition) is 2. The minimum atomic E-state index is -0.473. The van der Waals surface area contributed by atoms with Crippen LogP contribution in [0.5, 0.6) is 0 Å². The number of rotatable bonds is 3. The first kappa shape index (κ1) is 11.9. The largest absolute Gasteiger partial charge is 0.368 e. The first-order valence-electron chi connectivity index (χ1n) is 5.20. The van der Waals surface area contributed by atoms with Gasteiger partial charge in [0.25, 0.3) is 0 Å². The van der Waals surface area contributed by atoms with E-state index in [0.717, 1.165) is 17.9 Å². The van der Waals surface area contributed by atoms with Gasteiger partial charge in [-0.1, -0.05) is 0 Å². The van der Waals surface area contributed by atoms with E-state index in [4.69, 9.17) is 5.73 Å². The zero-order chi connectivity index (χ0) is 12.4. The molecule has 1 aliphatic rings. The number of nitrogens with two attached hydrogens (primary N) is 1. The van der Waals surface area contributed by atoms with Crippen LogP contribution in [0.4, 0.5) is 17.5 Å². The molecular formula is C9H13N5O2S. The molecule has 0 aliphatic carbocycles. The minimum Gasteiger partial charge on any atom is -0.368 e. The number of hydrogen-bond acceptors (Lipinski definition) is 7. The van der Waals surface area contributed by atoms with Gasteiger partial charge >= 0.3 is 5.69 Å². The van der Waals surface area contributed by atoms with Crippen LogP contribution in [-0.4, -0.2) is 32.4 Å². The lowest BCUT2D eigenvalue weighted by Crippen LogP contribution is -2.21. The maximum atomic E-state index is 11.0. The summed E-state index contributed by atoms with van der Waals surface area (Å²) in [5.74, 6) is 2.28. The molecule has 0 radical (unpaired) electrons. The van der Waals surface area contributed by atoms with Crippen molar-refractivity contribution < 1.29 is 4.92 Å². The van der Waals surface area contributed by atoms with Crippen molar-refractivity contribution in [2.75, 3.05) is 22.6 Å². The average molecular weight is 255 g/mol. The van der Waals surface area contributed by atoms with Gasteiger partial charge in [-0.3, -0.25) is 10.1 Å². The first-order valence-corrected chi connectivity index (χ1v) is 6.36. The second-order valence-electron chi connectivity index (χ2n) is 3.83. The number of thioether (sulfide) groups is 1. The molecule has 0 saturated carbocycles. The van der Waals surface area contributed by atoms with Crippen molar-refractivity contribution >= 4 is 29.2 Å². The third-order valence-electron chi connectivity index (χ3n) is 2.53. The number of nitrogens with one attached hydrogen (secondary N) is 1. The van der Waals surface area contributed by atoms with E-state index in [9.17, 15) is 10.1 Å². The SMILES string of the molecule is Cc1nc(N)nc(NC2CCSC2)c1[N+](=O)[O-]. The lowest BCUT2D eigenvalue weighted by atomic mass is 10.2. The number of nitrogen functional groups attached to an aromatic ring is 1. The van der Waals surface area contributed by atoms with Crippen LogP contribution in [0, 0.1) is 17.0 Å². The Morgan fingerprint density at radius 3 is 2.94 bits per heavy atom. The Morgan fingerprint density at radius 1 is 1.59 bits per heavy atom. The Balaban J connectivity index is 2.32. The summed E-state index contributed by atoms with van der Waals surface area (Å²) in [6, 6.07) is 0.215.